The predicted octanol–water partition coefficient (Wildman–Crippen LogP) is 7.62. The molecule has 0 aliphatic heterocycles. The van der Waals surface area contributed by atoms with Crippen molar-refractivity contribution in [2.24, 2.45) is 0 Å². The summed E-state index contributed by atoms with van der Waals surface area (Å²) in [4.78, 5) is 12.5. The van der Waals surface area contributed by atoms with Crippen LogP contribution in [0.15, 0.2) is 67.3 Å². The normalized spacial score (nSPS) is 17.2. The van der Waals surface area contributed by atoms with Gasteiger partial charge in [-0.15, -0.1) is 0 Å². The summed E-state index contributed by atoms with van der Waals surface area (Å²) in [6, 6.07) is 14.0. The zero-order valence-electron chi connectivity index (χ0n) is 20.6. The van der Waals surface area contributed by atoms with Crippen LogP contribution < -0.4 is 9.47 Å². The van der Waals surface area contributed by atoms with Gasteiger partial charge in [-0.3, -0.25) is 0 Å². The number of rotatable bonds is 9. The van der Waals surface area contributed by atoms with Crippen LogP contribution >= 0.6 is 0 Å². The van der Waals surface area contributed by atoms with E-state index >= 15 is 4.39 Å². The lowest BCUT2D eigenvalue weighted by Gasteiger charge is -2.29. The average molecular weight is 511 g/mol. The fraction of sp³-hybridized carbons (Fsp3) is 0.300. The maximum absolute atomic E-state index is 15.1. The lowest BCUT2D eigenvalue weighted by atomic mass is 9.82. The van der Waals surface area contributed by atoms with Crippen molar-refractivity contribution in [3.05, 3.63) is 95.8 Å². The molecule has 0 amide bonds. The van der Waals surface area contributed by atoms with Gasteiger partial charge in [0.1, 0.15) is 30.0 Å². The second-order valence-electron chi connectivity index (χ2n) is 8.91. The smallest absolute Gasteiger partial charge is 0.341 e. The first kappa shape index (κ1) is 26.3. The third-order valence-corrected chi connectivity index (χ3v) is 6.50. The fourth-order valence-electron chi connectivity index (χ4n) is 4.61. The van der Waals surface area contributed by atoms with Crippen LogP contribution in [0.25, 0.3) is 11.1 Å². The Labute approximate surface area is 214 Å². The van der Waals surface area contributed by atoms with E-state index in [1.165, 1.54) is 18.2 Å². The Morgan fingerprint density at radius 2 is 1.62 bits per heavy atom. The minimum absolute atomic E-state index is 0.175. The lowest BCUT2D eigenvalue weighted by Crippen LogP contribution is -2.24. The zero-order valence-corrected chi connectivity index (χ0v) is 20.6. The zero-order chi connectivity index (χ0) is 26.4. The van der Waals surface area contributed by atoms with Crippen LogP contribution in [0.2, 0.25) is 0 Å². The Hall–Kier alpha value is -3.74. The molecule has 0 saturated heterocycles. The van der Waals surface area contributed by atoms with Crippen molar-refractivity contribution in [1.29, 1.82) is 0 Å². The minimum Gasteiger partial charge on any atom is -0.494 e. The van der Waals surface area contributed by atoms with Crippen molar-refractivity contribution < 1.29 is 32.2 Å². The van der Waals surface area contributed by atoms with Crippen molar-refractivity contribution in [2.75, 3.05) is 13.2 Å². The SMILES string of the molecule is C=CCOc1ccc(C(=O)OC2CCC(c3ccc(-c4ccc(OCC)cc4)c(F)c3F)CC2)c(F)c1. The Morgan fingerprint density at radius 1 is 0.919 bits per heavy atom. The number of halogens is 3. The van der Waals surface area contributed by atoms with Gasteiger partial charge < -0.3 is 14.2 Å². The van der Waals surface area contributed by atoms with E-state index in [0.717, 1.165) is 6.07 Å². The molecule has 0 heterocycles. The summed E-state index contributed by atoms with van der Waals surface area (Å²) in [5.74, 6) is -2.47. The van der Waals surface area contributed by atoms with Gasteiger partial charge in [0, 0.05) is 11.6 Å². The quantitative estimate of drug-likeness (QED) is 0.219. The maximum atomic E-state index is 15.1. The predicted molar refractivity (Wildman–Crippen MR) is 135 cm³/mol. The van der Waals surface area contributed by atoms with Crippen LogP contribution in [0.4, 0.5) is 13.2 Å². The van der Waals surface area contributed by atoms with Crippen LogP contribution in [0.3, 0.4) is 0 Å². The first-order valence-electron chi connectivity index (χ1n) is 12.4. The van der Waals surface area contributed by atoms with E-state index in [2.05, 4.69) is 6.58 Å². The maximum Gasteiger partial charge on any atom is 0.341 e. The molecule has 0 radical (unpaired) electrons. The monoisotopic (exact) mass is 510 g/mol. The molecular weight excluding hydrogens is 481 g/mol. The largest absolute Gasteiger partial charge is 0.494 e. The van der Waals surface area contributed by atoms with Gasteiger partial charge >= 0.3 is 5.97 Å². The second-order valence-corrected chi connectivity index (χ2v) is 8.91. The van der Waals surface area contributed by atoms with E-state index in [-0.39, 0.29) is 29.4 Å². The Kier molecular flexibility index (Phi) is 8.54. The molecule has 0 aromatic heterocycles. The molecule has 194 valence electrons. The van der Waals surface area contributed by atoms with Crippen LogP contribution in [0, 0.1) is 17.5 Å². The molecule has 3 aromatic carbocycles. The van der Waals surface area contributed by atoms with Gasteiger partial charge in [0.2, 0.25) is 0 Å². The van der Waals surface area contributed by atoms with Crippen molar-refractivity contribution in [3.63, 3.8) is 0 Å². The highest BCUT2D eigenvalue weighted by atomic mass is 19.2. The lowest BCUT2D eigenvalue weighted by molar-refractivity contribution is 0.0189. The average Bonchev–Trinajstić information content (AvgIpc) is 2.90. The number of carbonyl (C=O) groups is 1. The van der Waals surface area contributed by atoms with Crippen LogP contribution in [-0.2, 0) is 4.74 Å². The van der Waals surface area contributed by atoms with E-state index in [4.69, 9.17) is 14.2 Å². The highest BCUT2D eigenvalue weighted by molar-refractivity contribution is 5.90. The molecule has 1 aliphatic carbocycles. The van der Waals surface area contributed by atoms with Gasteiger partial charge in [0.15, 0.2) is 11.6 Å². The van der Waals surface area contributed by atoms with E-state index in [0.29, 0.717) is 49.2 Å². The number of hydrogen-bond acceptors (Lipinski definition) is 4. The fourth-order valence-corrected chi connectivity index (χ4v) is 4.61. The Bertz CT molecular complexity index is 1250. The standard InChI is InChI=1S/C30H29F3O4/c1-3-17-36-23-13-14-26(27(31)18-23)30(34)37-22-11-7-20(8-12-22)25-16-15-24(28(32)29(25)33)19-5-9-21(10-6-19)35-4-2/h3,5-6,9-10,13-16,18,20,22H,1,4,7-8,11-12,17H2,2H3. The number of benzene rings is 3. The molecule has 0 unspecified atom stereocenters. The molecule has 1 saturated carbocycles. The first-order chi connectivity index (χ1) is 17.9. The van der Waals surface area contributed by atoms with Crippen LogP contribution in [0.5, 0.6) is 11.5 Å². The summed E-state index contributed by atoms with van der Waals surface area (Å²) < 4.78 is 60.6. The minimum atomic E-state index is -0.883. The third-order valence-electron chi connectivity index (χ3n) is 6.50. The molecule has 0 spiro atoms. The summed E-state index contributed by atoms with van der Waals surface area (Å²) >= 11 is 0. The first-order valence-corrected chi connectivity index (χ1v) is 12.4. The number of ether oxygens (including phenoxy) is 3. The molecule has 37 heavy (non-hydrogen) atoms. The third kappa shape index (κ3) is 6.16. The second kappa shape index (κ2) is 12.0. The molecule has 1 aliphatic rings. The van der Waals surface area contributed by atoms with E-state index < -0.39 is 29.5 Å². The molecule has 7 heteroatoms. The van der Waals surface area contributed by atoms with Crippen molar-refractivity contribution >= 4 is 5.97 Å². The summed E-state index contributed by atoms with van der Waals surface area (Å²) in [6.07, 6.45) is 3.10. The highest BCUT2D eigenvalue weighted by Crippen LogP contribution is 2.38. The van der Waals surface area contributed by atoms with Gasteiger partial charge in [0.05, 0.1) is 12.2 Å². The number of hydrogen-bond donors (Lipinski definition) is 0. The topological polar surface area (TPSA) is 44.8 Å². The van der Waals surface area contributed by atoms with Crippen molar-refractivity contribution in [1.82, 2.24) is 0 Å². The molecular formula is C30H29F3O4. The number of carbonyl (C=O) groups excluding carboxylic acids is 1. The number of esters is 1. The molecule has 3 aromatic rings. The van der Waals surface area contributed by atoms with Crippen LogP contribution in [0.1, 0.15) is 54.4 Å². The summed E-state index contributed by atoms with van der Waals surface area (Å²) in [5.41, 5.74) is 0.897. The van der Waals surface area contributed by atoms with Gasteiger partial charge in [-0.1, -0.05) is 36.9 Å². The summed E-state index contributed by atoms with van der Waals surface area (Å²) in [6.45, 7) is 6.15. The molecule has 0 bridgehead atoms. The van der Waals surface area contributed by atoms with Gasteiger partial charge in [-0.05, 0) is 73.9 Å². The van der Waals surface area contributed by atoms with Crippen molar-refractivity contribution in [3.8, 4) is 22.6 Å². The molecule has 1 fully saturated rings. The van der Waals surface area contributed by atoms with E-state index in [1.807, 2.05) is 6.92 Å². The van der Waals surface area contributed by atoms with Gasteiger partial charge in [-0.2, -0.15) is 0 Å². The summed E-state index contributed by atoms with van der Waals surface area (Å²) in [5, 5.41) is 0. The van der Waals surface area contributed by atoms with Gasteiger partial charge in [-0.25, -0.2) is 18.0 Å². The molecule has 4 rings (SSSR count). The van der Waals surface area contributed by atoms with E-state index in [9.17, 15) is 13.6 Å². The molecule has 0 N–H and O–H groups in total. The van der Waals surface area contributed by atoms with E-state index in [1.54, 1.807) is 36.4 Å². The van der Waals surface area contributed by atoms with Crippen LogP contribution in [-0.4, -0.2) is 25.3 Å². The van der Waals surface area contributed by atoms with Gasteiger partial charge in [0.25, 0.3) is 0 Å². The Morgan fingerprint density at radius 3 is 2.27 bits per heavy atom. The summed E-state index contributed by atoms with van der Waals surface area (Å²) in [7, 11) is 0. The van der Waals surface area contributed by atoms with Crippen molar-refractivity contribution in [2.45, 2.75) is 44.6 Å². The Balaban J connectivity index is 1.37. The molecule has 0 atom stereocenters. The molecule has 4 nitrogen and oxygen atoms in total. The highest BCUT2D eigenvalue weighted by Gasteiger charge is 2.29.